The van der Waals surface area contributed by atoms with E-state index in [4.69, 9.17) is 5.73 Å². The molecule has 1 aromatic rings. The van der Waals surface area contributed by atoms with Crippen molar-refractivity contribution in [3.63, 3.8) is 0 Å². The van der Waals surface area contributed by atoms with Crippen LogP contribution < -0.4 is 11.1 Å². The van der Waals surface area contributed by atoms with Crippen LogP contribution in [0.3, 0.4) is 0 Å². The molecule has 1 amide bonds. The van der Waals surface area contributed by atoms with E-state index in [-0.39, 0.29) is 11.4 Å². The highest BCUT2D eigenvalue weighted by Gasteiger charge is 2.28. The van der Waals surface area contributed by atoms with Gasteiger partial charge in [-0.05, 0) is 38.3 Å². The number of hydrogen-bond acceptors (Lipinski definition) is 3. The van der Waals surface area contributed by atoms with Crippen LogP contribution in [0.15, 0.2) is 23.1 Å². The zero-order valence-electron chi connectivity index (χ0n) is 13.1. The maximum absolute atomic E-state index is 12.1. The van der Waals surface area contributed by atoms with E-state index in [1.165, 1.54) is 16.0 Å². The summed E-state index contributed by atoms with van der Waals surface area (Å²) in [4.78, 5) is 13.3. The molecule has 3 nitrogen and oxygen atoms in total. The van der Waals surface area contributed by atoms with E-state index in [0.717, 1.165) is 0 Å². The van der Waals surface area contributed by atoms with Crippen molar-refractivity contribution in [2.45, 2.75) is 45.1 Å². The lowest BCUT2D eigenvalue weighted by molar-refractivity contribution is -0.120. The number of nitrogens with two attached hydrogens (primary N) is 1. The summed E-state index contributed by atoms with van der Waals surface area (Å²) in [5.41, 5.74) is 7.87. The molecule has 1 atom stereocenters. The van der Waals surface area contributed by atoms with E-state index in [1.54, 1.807) is 11.8 Å². The second-order valence-corrected chi connectivity index (χ2v) is 6.90. The number of amides is 1. The van der Waals surface area contributed by atoms with Crippen molar-refractivity contribution >= 4 is 17.7 Å². The molecule has 0 heterocycles. The lowest BCUT2D eigenvalue weighted by Crippen LogP contribution is -2.55. The summed E-state index contributed by atoms with van der Waals surface area (Å²) < 4.78 is 0. The highest BCUT2D eigenvalue weighted by atomic mass is 32.2. The highest BCUT2D eigenvalue weighted by molar-refractivity contribution is 8.00. The fourth-order valence-electron chi connectivity index (χ4n) is 1.79. The topological polar surface area (TPSA) is 55.1 Å². The normalized spacial score (nSPS) is 14.2. The number of aryl methyl sites for hydroxylation is 2. The number of carbonyl (C=O) groups is 1. The van der Waals surface area contributed by atoms with Crippen molar-refractivity contribution in [1.29, 1.82) is 0 Å². The van der Waals surface area contributed by atoms with Gasteiger partial charge in [0.2, 0.25) is 5.91 Å². The van der Waals surface area contributed by atoms with Gasteiger partial charge in [0.15, 0.2) is 0 Å². The summed E-state index contributed by atoms with van der Waals surface area (Å²) in [7, 11) is 0. The molecule has 0 aliphatic rings. The molecule has 0 aromatic heterocycles. The summed E-state index contributed by atoms with van der Waals surface area (Å²) in [5, 5.41) is 3.06. The fraction of sp³-hybridized carbons (Fsp3) is 0.562. The Morgan fingerprint density at radius 1 is 1.40 bits per heavy atom. The van der Waals surface area contributed by atoms with Crippen LogP contribution in [-0.2, 0) is 4.79 Å². The van der Waals surface area contributed by atoms with Crippen LogP contribution in [0, 0.1) is 19.8 Å². The molecule has 4 heteroatoms. The van der Waals surface area contributed by atoms with E-state index >= 15 is 0 Å². The standard InChI is InChI=1S/C16H26N2OS/c1-11(2)16(5,10-17)18-15(19)9-20-14-8-12(3)6-7-13(14)4/h6-8,11H,9-10,17H2,1-5H3,(H,18,19). The zero-order valence-corrected chi connectivity index (χ0v) is 13.9. The van der Waals surface area contributed by atoms with E-state index in [9.17, 15) is 4.79 Å². The maximum Gasteiger partial charge on any atom is 0.230 e. The van der Waals surface area contributed by atoms with Crippen molar-refractivity contribution in [3.8, 4) is 0 Å². The lowest BCUT2D eigenvalue weighted by Gasteiger charge is -2.33. The molecule has 0 saturated heterocycles. The van der Waals surface area contributed by atoms with Gasteiger partial charge in [0.1, 0.15) is 0 Å². The Hall–Kier alpha value is -1.00. The molecule has 20 heavy (non-hydrogen) atoms. The molecule has 0 bridgehead atoms. The van der Waals surface area contributed by atoms with Crippen molar-refractivity contribution in [2.24, 2.45) is 11.7 Å². The average molecular weight is 294 g/mol. The quantitative estimate of drug-likeness (QED) is 0.793. The summed E-state index contributed by atoms with van der Waals surface area (Å²) in [5.74, 6) is 0.770. The number of carbonyl (C=O) groups excluding carboxylic acids is 1. The van der Waals surface area contributed by atoms with Gasteiger partial charge in [-0.2, -0.15) is 0 Å². The molecule has 3 N–H and O–H groups in total. The van der Waals surface area contributed by atoms with Crippen LogP contribution in [0.25, 0.3) is 0 Å². The fourth-order valence-corrected chi connectivity index (χ4v) is 2.72. The molecule has 112 valence electrons. The van der Waals surface area contributed by atoms with E-state index in [2.05, 4.69) is 51.2 Å². The third-order valence-electron chi connectivity index (χ3n) is 3.83. The van der Waals surface area contributed by atoms with Gasteiger partial charge in [0.05, 0.1) is 11.3 Å². The minimum Gasteiger partial charge on any atom is -0.349 e. The van der Waals surface area contributed by atoms with Crippen LogP contribution in [0.1, 0.15) is 31.9 Å². The van der Waals surface area contributed by atoms with Gasteiger partial charge in [-0.25, -0.2) is 0 Å². The monoisotopic (exact) mass is 294 g/mol. The molecule has 1 rings (SSSR count). The van der Waals surface area contributed by atoms with Crippen molar-refractivity contribution in [3.05, 3.63) is 29.3 Å². The molecular weight excluding hydrogens is 268 g/mol. The van der Waals surface area contributed by atoms with Gasteiger partial charge in [-0.1, -0.05) is 31.5 Å². The number of thioether (sulfide) groups is 1. The second kappa shape index (κ2) is 7.14. The molecular formula is C16H26N2OS. The SMILES string of the molecule is Cc1ccc(C)c(SCC(=O)NC(C)(CN)C(C)C)c1. The number of nitrogens with one attached hydrogen (secondary N) is 1. The largest absolute Gasteiger partial charge is 0.349 e. The minimum atomic E-state index is -0.334. The average Bonchev–Trinajstić information content (AvgIpc) is 2.39. The Kier molecular flexibility index (Phi) is 6.08. The number of benzene rings is 1. The number of rotatable bonds is 6. The first-order chi connectivity index (χ1) is 9.28. The Bertz CT molecular complexity index is 474. The lowest BCUT2D eigenvalue weighted by atomic mass is 9.88. The molecule has 1 aromatic carbocycles. The number of hydrogen-bond donors (Lipinski definition) is 2. The maximum atomic E-state index is 12.1. The van der Waals surface area contributed by atoms with Gasteiger partial charge >= 0.3 is 0 Å². The van der Waals surface area contributed by atoms with Gasteiger partial charge in [0.25, 0.3) is 0 Å². The van der Waals surface area contributed by atoms with Crippen LogP contribution >= 0.6 is 11.8 Å². The molecule has 0 saturated carbocycles. The molecule has 0 aliphatic carbocycles. The van der Waals surface area contributed by atoms with Gasteiger partial charge in [-0.15, -0.1) is 11.8 Å². The highest BCUT2D eigenvalue weighted by Crippen LogP contribution is 2.24. The Labute approximate surface area is 126 Å². The first kappa shape index (κ1) is 17.1. The predicted molar refractivity (Wildman–Crippen MR) is 87.1 cm³/mol. The Balaban J connectivity index is 2.62. The van der Waals surface area contributed by atoms with Crippen LogP contribution in [-0.4, -0.2) is 23.7 Å². The Morgan fingerprint density at radius 2 is 2.05 bits per heavy atom. The second-order valence-electron chi connectivity index (χ2n) is 5.88. The van der Waals surface area contributed by atoms with Crippen molar-refractivity contribution in [1.82, 2.24) is 5.32 Å². The third-order valence-corrected chi connectivity index (χ3v) is 4.98. The van der Waals surface area contributed by atoms with Crippen molar-refractivity contribution in [2.75, 3.05) is 12.3 Å². The summed E-state index contributed by atoms with van der Waals surface area (Å²) >= 11 is 1.58. The van der Waals surface area contributed by atoms with Gasteiger partial charge in [-0.3, -0.25) is 4.79 Å². The predicted octanol–water partition coefficient (Wildman–Crippen LogP) is 2.89. The zero-order chi connectivity index (χ0) is 15.3. The molecule has 0 radical (unpaired) electrons. The van der Waals surface area contributed by atoms with Crippen LogP contribution in [0.5, 0.6) is 0 Å². The molecule has 0 spiro atoms. The summed E-state index contributed by atoms with van der Waals surface area (Å²) in [6, 6.07) is 6.30. The van der Waals surface area contributed by atoms with Gasteiger partial charge < -0.3 is 11.1 Å². The van der Waals surface area contributed by atoms with Crippen LogP contribution in [0.2, 0.25) is 0 Å². The van der Waals surface area contributed by atoms with E-state index in [1.807, 2.05) is 6.92 Å². The van der Waals surface area contributed by atoms with E-state index in [0.29, 0.717) is 18.2 Å². The van der Waals surface area contributed by atoms with Gasteiger partial charge in [0, 0.05) is 11.4 Å². The first-order valence-electron chi connectivity index (χ1n) is 6.99. The summed E-state index contributed by atoms with van der Waals surface area (Å²) in [6.45, 7) is 10.7. The van der Waals surface area contributed by atoms with Crippen LogP contribution in [0.4, 0.5) is 0 Å². The Morgan fingerprint density at radius 3 is 2.60 bits per heavy atom. The molecule has 1 unspecified atom stereocenters. The third kappa shape index (κ3) is 4.53. The minimum absolute atomic E-state index is 0.0394. The van der Waals surface area contributed by atoms with E-state index < -0.39 is 0 Å². The van der Waals surface area contributed by atoms with Crippen molar-refractivity contribution < 1.29 is 4.79 Å². The first-order valence-corrected chi connectivity index (χ1v) is 7.98. The summed E-state index contributed by atoms with van der Waals surface area (Å²) in [6.07, 6.45) is 0. The molecule has 0 aliphatic heterocycles. The molecule has 0 fully saturated rings. The smallest absolute Gasteiger partial charge is 0.230 e.